The van der Waals surface area contributed by atoms with Crippen molar-refractivity contribution >= 4 is 17.5 Å². The lowest BCUT2D eigenvalue weighted by atomic mass is 9.77. The number of piperazine rings is 1. The highest BCUT2D eigenvalue weighted by Gasteiger charge is 2.45. The topological polar surface area (TPSA) is 32.3 Å². The molecule has 0 radical (unpaired) electrons. The molecule has 1 amide bonds. The van der Waals surface area contributed by atoms with E-state index in [2.05, 4.69) is 18.3 Å². The van der Waals surface area contributed by atoms with Crippen LogP contribution in [0, 0.1) is 0 Å². The van der Waals surface area contributed by atoms with Crippen molar-refractivity contribution in [3.8, 4) is 0 Å². The quantitative estimate of drug-likeness (QED) is 0.911. The second kappa shape index (κ2) is 5.98. The van der Waals surface area contributed by atoms with Gasteiger partial charge in [-0.3, -0.25) is 4.79 Å². The Balaban J connectivity index is 1.92. The number of carbonyl (C=O) groups is 1. The average Bonchev–Trinajstić information content (AvgIpc) is 2.97. The Morgan fingerprint density at radius 2 is 2.14 bits per heavy atom. The van der Waals surface area contributed by atoms with Gasteiger partial charge in [0.2, 0.25) is 5.91 Å². The van der Waals surface area contributed by atoms with Crippen LogP contribution in [0.1, 0.15) is 38.2 Å². The fourth-order valence-corrected chi connectivity index (χ4v) is 4.00. The van der Waals surface area contributed by atoms with Crippen LogP contribution < -0.4 is 5.32 Å². The predicted molar refractivity (Wildman–Crippen MR) is 85.6 cm³/mol. The second-order valence-electron chi connectivity index (χ2n) is 6.41. The number of rotatable bonds is 2. The first-order valence-electron chi connectivity index (χ1n) is 7.91. The van der Waals surface area contributed by atoms with E-state index >= 15 is 0 Å². The van der Waals surface area contributed by atoms with Crippen LogP contribution in [0.25, 0.3) is 0 Å². The van der Waals surface area contributed by atoms with E-state index < -0.39 is 0 Å². The lowest BCUT2D eigenvalue weighted by Gasteiger charge is -2.39. The summed E-state index contributed by atoms with van der Waals surface area (Å²) < 4.78 is 0. The summed E-state index contributed by atoms with van der Waals surface area (Å²) in [6, 6.07) is 8.27. The number of halogens is 1. The summed E-state index contributed by atoms with van der Waals surface area (Å²) in [6.45, 7) is 4.64. The van der Waals surface area contributed by atoms with E-state index in [1.807, 2.05) is 23.1 Å². The molecule has 1 aromatic rings. The molecule has 0 spiro atoms. The molecule has 1 aliphatic heterocycles. The van der Waals surface area contributed by atoms with Crippen molar-refractivity contribution in [3.63, 3.8) is 0 Å². The molecule has 1 aromatic carbocycles. The molecule has 1 N–H and O–H groups in total. The van der Waals surface area contributed by atoms with Crippen LogP contribution in [-0.4, -0.2) is 36.5 Å². The standard InChI is InChI=1S/C17H23ClN2O/c1-13-12-20(10-9-19-13)16(21)17(7-2-3-8-17)14-5-4-6-15(18)11-14/h4-6,11,13,19H,2-3,7-10,12H2,1H3. The van der Waals surface area contributed by atoms with Gasteiger partial charge >= 0.3 is 0 Å². The van der Waals surface area contributed by atoms with Gasteiger partial charge in [0.05, 0.1) is 5.41 Å². The molecule has 4 heteroatoms. The molecule has 114 valence electrons. The van der Waals surface area contributed by atoms with Gasteiger partial charge in [0.1, 0.15) is 0 Å². The summed E-state index contributed by atoms with van der Waals surface area (Å²) >= 11 is 6.16. The number of nitrogens with zero attached hydrogens (tertiary/aromatic N) is 1. The molecule has 21 heavy (non-hydrogen) atoms. The molecule has 1 saturated carbocycles. The van der Waals surface area contributed by atoms with E-state index in [9.17, 15) is 4.79 Å². The van der Waals surface area contributed by atoms with Crippen LogP contribution in [0.5, 0.6) is 0 Å². The predicted octanol–water partition coefficient (Wildman–Crippen LogP) is 2.97. The summed E-state index contributed by atoms with van der Waals surface area (Å²) in [5.41, 5.74) is 0.755. The van der Waals surface area contributed by atoms with Crippen molar-refractivity contribution in [1.29, 1.82) is 0 Å². The first-order valence-corrected chi connectivity index (χ1v) is 8.28. The summed E-state index contributed by atoms with van der Waals surface area (Å²) in [7, 11) is 0. The van der Waals surface area contributed by atoms with E-state index in [4.69, 9.17) is 11.6 Å². The van der Waals surface area contributed by atoms with Crippen molar-refractivity contribution in [3.05, 3.63) is 34.9 Å². The highest BCUT2D eigenvalue weighted by molar-refractivity contribution is 6.30. The molecule has 2 aliphatic rings. The molecule has 0 aromatic heterocycles. The zero-order valence-electron chi connectivity index (χ0n) is 12.6. The molecule has 1 saturated heterocycles. The number of benzene rings is 1. The molecule has 1 aliphatic carbocycles. The second-order valence-corrected chi connectivity index (χ2v) is 6.84. The minimum atomic E-state index is -0.345. The number of nitrogens with one attached hydrogen (secondary N) is 1. The third-order valence-electron chi connectivity index (χ3n) is 4.90. The molecular formula is C17H23ClN2O. The summed E-state index contributed by atoms with van der Waals surface area (Å²) in [5, 5.41) is 4.13. The zero-order chi connectivity index (χ0) is 14.9. The van der Waals surface area contributed by atoms with Gasteiger partial charge in [-0.1, -0.05) is 36.6 Å². The Hall–Kier alpha value is -1.06. The van der Waals surface area contributed by atoms with Crippen molar-refractivity contribution in [1.82, 2.24) is 10.2 Å². The SMILES string of the molecule is CC1CN(C(=O)C2(c3cccc(Cl)c3)CCCC2)CCN1. The lowest BCUT2D eigenvalue weighted by molar-refractivity contribution is -0.138. The third kappa shape index (κ3) is 2.82. The number of hydrogen-bond acceptors (Lipinski definition) is 2. The van der Waals surface area contributed by atoms with Crippen molar-refractivity contribution in [2.45, 2.75) is 44.1 Å². The average molecular weight is 307 g/mol. The molecule has 0 bridgehead atoms. The van der Waals surface area contributed by atoms with Gasteiger partial charge in [-0.2, -0.15) is 0 Å². The molecular weight excluding hydrogens is 284 g/mol. The highest BCUT2D eigenvalue weighted by Crippen LogP contribution is 2.43. The largest absolute Gasteiger partial charge is 0.339 e. The van der Waals surface area contributed by atoms with Crippen LogP contribution in [0.15, 0.2) is 24.3 Å². The number of carbonyl (C=O) groups excluding carboxylic acids is 1. The van der Waals surface area contributed by atoms with Gasteiger partial charge in [0.15, 0.2) is 0 Å². The van der Waals surface area contributed by atoms with E-state index in [0.717, 1.165) is 55.9 Å². The third-order valence-corrected chi connectivity index (χ3v) is 5.13. The monoisotopic (exact) mass is 306 g/mol. The van der Waals surface area contributed by atoms with Crippen molar-refractivity contribution in [2.75, 3.05) is 19.6 Å². The molecule has 1 atom stereocenters. The number of hydrogen-bond donors (Lipinski definition) is 1. The Morgan fingerprint density at radius 3 is 2.81 bits per heavy atom. The fourth-order valence-electron chi connectivity index (χ4n) is 3.81. The number of amides is 1. The minimum absolute atomic E-state index is 0.301. The summed E-state index contributed by atoms with van der Waals surface area (Å²) in [4.78, 5) is 15.3. The fraction of sp³-hybridized carbons (Fsp3) is 0.588. The molecule has 3 nitrogen and oxygen atoms in total. The first kappa shape index (κ1) is 14.9. The van der Waals surface area contributed by atoms with Gasteiger partial charge in [-0.15, -0.1) is 0 Å². The van der Waals surface area contributed by atoms with Gasteiger partial charge in [0, 0.05) is 30.7 Å². The lowest BCUT2D eigenvalue weighted by Crippen LogP contribution is -2.56. The van der Waals surface area contributed by atoms with Crippen LogP contribution in [0.4, 0.5) is 0 Å². The molecule has 3 rings (SSSR count). The highest BCUT2D eigenvalue weighted by atomic mass is 35.5. The summed E-state index contributed by atoms with van der Waals surface area (Å²) in [6.07, 6.45) is 4.15. The van der Waals surface area contributed by atoms with Crippen LogP contribution in [0.2, 0.25) is 5.02 Å². The van der Waals surface area contributed by atoms with Crippen LogP contribution in [0.3, 0.4) is 0 Å². The maximum atomic E-state index is 13.2. The van der Waals surface area contributed by atoms with Gasteiger partial charge < -0.3 is 10.2 Å². The van der Waals surface area contributed by atoms with E-state index in [0.29, 0.717) is 11.9 Å². The van der Waals surface area contributed by atoms with Crippen molar-refractivity contribution < 1.29 is 4.79 Å². The summed E-state index contributed by atoms with van der Waals surface area (Å²) in [5.74, 6) is 0.301. The molecule has 1 heterocycles. The maximum absolute atomic E-state index is 13.2. The Labute approximate surface area is 131 Å². The van der Waals surface area contributed by atoms with Crippen LogP contribution >= 0.6 is 11.6 Å². The molecule has 2 fully saturated rings. The molecule has 1 unspecified atom stereocenters. The minimum Gasteiger partial charge on any atom is -0.339 e. The first-order chi connectivity index (χ1) is 10.1. The van der Waals surface area contributed by atoms with Crippen LogP contribution in [-0.2, 0) is 10.2 Å². The van der Waals surface area contributed by atoms with E-state index in [1.165, 1.54) is 0 Å². The normalized spacial score (nSPS) is 25.0. The maximum Gasteiger partial charge on any atom is 0.233 e. The Morgan fingerprint density at radius 1 is 1.38 bits per heavy atom. The van der Waals surface area contributed by atoms with Gasteiger partial charge in [-0.05, 0) is 37.5 Å². The van der Waals surface area contributed by atoms with E-state index in [-0.39, 0.29) is 5.41 Å². The Bertz CT molecular complexity index is 525. The van der Waals surface area contributed by atoms with Crippen molar-refractivity contribution in [2.24, 2.45) is 0 Å². The zero-order valence-corrected chi connectivity index (χ0v) is 13.3. The Kier molecular flexibility index (Phi) is 4.23. The van der Waals surface area contributed by atoms with E-state index in [1.54, 1.807) is 0 Å². The smallest absolute Gasteiger partial charge is 0.233 e. The van der Waals surface area contributed by atoms with Gasteiger partial charge in [0.25, 0.3) is 0 Å². The van der Waals surface area contributed by atoms with Gasteiger partial charge in [-0.25, -0.2) is 0 Å².